The molecule has 1 aliphatic carbocycles. The van der Waals surface area contributed by atoms with E-state index in [1.807, 2.05) is 74.5 Å². The number of carbonyl (C=O) groups is 1. The molecule has 2 heterocycles. The first-order valence-corrected chi connectivity index (χ1v) is 11.5. The van der Waals surface area contributed by atoms with Crippen LogP contribution in [0.2, 0.25) is 0 Å². The maximum absolute atomic E-state index is 12.9. The van der Waals surface area contributed by atoms with Crippen LogP contribution in [0.1, 0.15) is 29.7 Å². The van der Waals surface area contributed by atoms with Crippen molar-refractivity contribution in [3.8, 4) is 27.9 Å². The highest BCUT2D eigenvalue weighted by Gasteiger charge is 2.44. The number of benzene rings is 2. The number of rotatable bonds is 7. The zero-order valence-electron chi connectivity index (χ0n) is 17.9. The predicted octanol–water partition coefficient (Wildman–Crippen LogP) is 5.91. The van der Waals surface area contributed by atoms with E-state index in [1.54, 1.807) is 11.3 Å². The minimum Gasteiger partial charge on any atom is -0.494 e. The molecule has 5 rings (SSSR count). The predicted molar refractivity (Wildman–Crippen MR) is 125 cm³/mol. The number of nitrogens with zero attached hydrogens (tertiary/aromatic N) is 2. The lowest BCUT2D eigenvalue weighted by molar-refractivity contribution is -0.117. The lowest BCUT2D eigenvalue weighted by atomic mass is 10.1. The van der Waals surface area contributed by atoms with Gasteiger partial charge in [-0.25, -0.2) is 0 Å². The normalized spacial score (nSPS) is 17.2. The number of para-hydroxylation sites is 1. The van der Waals surface area contributed by atoms with Crippen LogP contribution in [0.25, 0.3) is 22.2 Å². The molecule has 0 aliphatic heterocycles. The number of aryl methyl sites for hydroxylation is 1. The van der Waals surface area contributed by atoms with E-state index in [9.17, 15) is 4.79 Å². The van der Waals surface area contributed by atoms with Crippen LogP contribution in [0.5, 0.6) is 5.75 Å². The first kappa shape index (κ1) is 20.5. The van der Waals surface area contributed by atoms with Crippen molar-refractivity contribution in [2.24, 2.45) is 5.92 Å². The van der Waals surface area contributed by atoms with E-state index < -0.39 is 0 Å². The van der Waals surface area contributed by atoms with Gasteiger partial charge in [0, 0.05) is 10.8 Å². The van der Waals surface area contributed by atoms with E-state index >= 15 is 0 Å². The van der Waals surface area contributed by atoms with E-state index in [0.717, 1.165) is 22.6 Å². The molecule has 0 spiro atoms. The molecule has 1 N–H and O–H groups in total. The van der Waals surface area contributed by atoms with Gasteiger partial charge < -0.3 is 14.6 Å². The van der Waals surface area contributed by atoms with Gasteiger partial charge in [-0.2, -0.15) is 4.98 Å². The van der Waals surface area contributed by atoms with Crippen LogP contribution >= 0.6 is 11.3 Å². The maximum Gasteiger partial charge on any atom is 0.260 e. The van der Waals surface area contributed by atoms with Gasteiger partial charge in [-0.15, -0.1) is 11.3 Å². The van der Waals surface area contributed by atoms with Gasteiger partial charge in [0.15, 0.2) is 0 Å². The number of thiophene rings is 1. The van der Waals surface area contributed by atoms with Gasteiger partial charge in [0.1, 0.15) is 5.75 Å². The Kier molecular flexibility index (Phi) is 5.49. The van der Waals surface area contributed by atoms with Crippen molar-refractivity contribution in [1.82, 2.24) is 10.1 Å². The van der Waals surface area contributed by atoms with Crippen molar-refractivity contribution >= 4 is 22.9 Å². The summed E-state index contributed by atoms with van der Waals surface area (Å²) in [7, 11) is 0. The zero-order valence-corrected chi connectivity index (χ0v) is 18.7. The maximum atomic E-state index is 12.9. The Hall–Kier alpha value is -3.45. The molecular weight excluding hydrogens is 422 g/mol. The zero-order chi connectivity index (χ0) is 22.1. The molecule has 6 nitrogen and oxygen atoms in total. The molecule has 4 aromatic rings. The summed E-state index contributed by atoms with van der Waals surface area (Å²) in [6.45, 7) is 4.64. The summed E-state index contributed by atoms with van der Waals surface area (Å²) < 4.78 is 11.0. The highest BCUT2D eigenvalue weighted by atomic mass is 32.1. The van der Waals surface area contributed by atoms with E-state index in [1.165, 1.54) is 4.88 Å². The van der Waals surface area contributed by atoms with Crippen molar-refractivity contribution in [2.75, 3.05) is 11.9 Å². The molecule has 1 amide bonds. The van der Waals surface area contributed by atoms with Crippen LogP contribution in [0.15, 0.2) is 65.2 Å². The molecule has 2 aromatic carbocycles. The van der Waals surface area contributed by atoms with Gasteiger partial charge in [0.25, 0.3) is 5.89 Å². The molecule has 1 saturated carbocycles. The van der Waals surface area contributed by atoms with Crippen molar-refractivity contribution < 1.29 is 14.1 Å². The van der Waals surface area contributed by atoms with Crippen molar-refractivity contribution in [2.45, 2.75) is 26.2 Å². The monoisotopic (exact) mass is 445 g/mol. The van der Waals surface area contributed by atoms with Gasteiger partial charge in [-0.3, -0.25) is 4.79 Å². The van der Waals surface area contributed by atoms with E-state index in [0.29, 0.717) is 29.6 Å². The smallest absolute Gasteiger partial charge is 0.260 e. The Morgan fingerprint density at radius 1 is 1.16 bits per heavy atom. The van der Waals surface area contributed by atoms with Gasteiger partial charge in [0.2, 0.25) is 11.7 Å². The average molecular weight is 446 g/mol. The fourth-order valence-electron chi connectivity index (χ4n) is 3.82. The van der Waals surface area contributed by atoms with Crippen LogP contribution in [0.4, 0.5) is 5.69 Å². The third-order valence-corrected chi connectivity index (χ3v) is 6.55. The molecule has 0 bridgehead atoms. The van der Waals surface area contributed by atoms with Gasteiger partial charge >= 0.3 is 0 Å². The second-order valence-corrected chi connectivity index (χ2v) is 9.11. The lowest BCUT2D eigenvalue weighted by Crippen LogP contribution is -2.15. The summed E-state index contributed by atoms with van der Waals surface area (Å²) in [5.74, 6) is 1.98. The molecule has 1 fully saturated rings. The van der Waals surface area contributed by atoms with Crippen LogP contribution < -0.4 is 10.1 Å². The molecule has 2 aromatic heterocycles. The second-order valence-electron chi connectivity index (χ2n) is 7.82. The minimum absolute atomic E-state index is 0.00459. The summed E-state index contributed by atoms with van der Waals surface area (Å²) in [4.78, 5) is 19.6. The largest absolute Gasteiger partial charge is 0.494 e. The molecule has 32 heavy (non-hydrogen) atoms. The Morgan fingerprint density at radius 3 is 2.72 bits per heavy atom. The summed E-state index contributed by atoms with van der Waals surface area (Å²) in [5, 5.41) is 7.18. The standard InChI is InChI=1S/C25H23N3O3S/c1-3-30-17-11-9-16(10-12-17)19-14-20(19)24(29)26-21-7-5-4-6-18(21)25-27-23(28-31-25)22-13-8-15(2)32-22/h4-13,19-20H,3,14H2,1-2H3,(H,26,29). The molecule has 7 heteroatoms. The van der Waals surface area contributed by atoms with Crippen molar-refractivity contribution in [3.63, 3.8) is 0 Å². The number of carbonyl (C=O) groups excluding carboxylic acids is 1. The number of aromatic nitrogens is 2. The lowest BCUT2D eigenvalue weighted by Gasteiger charge is -2.09. The first-order chi connectivity index (χ1) is 15.6. The van der Waals surface area contributed by atoms with Crippen molar-refractivity contribution in [3.05, 3.63) is 71.1 Å². The number of amides is 1. The number of nitrogens with one attached hydrogen (secondary N) is 1. The fraction of sp³-hybridized carbons (Fsp3) is 0.240. The molecule has 1 aliphatic rings. The first-order valence-electron chi connectivity index (χ1n) is 10.7. The van der Waals surface area contributed by atoms with Crippen LogP contribution in [-0.2, 0) is 4.79 Å². The second kappa shape index (κ2) is 8.59. The van der Waals surface area contributed by atoms with Gasteiger partial charge in [-0.05, 0) is 68.1 Å². The fourth-order valence-corrected chi connectivity index (χ4v) is 4.62. The van der Waals surface area contributed by atoms with E-state index in [-0.39, 0.29) is 17.7 Å². The summed E-state index contributed by atoms with van der Waals surface area (Å²) in [6, 6.07) is 19.5. The molecule has 0 radical (unpaired) electrons. The Bertz CT molecular complexity index is 1250. The van der Waals surface area contributed by atoms with Crippen LogP contribution in [-0.4, -0.2) is 22.7 Å². The third kappa shape index (κ3) is 4.16. The Labute approximate surface area is 190 Å². The number of hydrogen-bond donors (Lipinski definition) is 1. The van der Waals surface area contributed by atoms with Gasteiger partial charge in [-0.1, -0.05) is 29.4 Å². The summed E-state index contributed by atoms with van der Waals surface area (Å²) in [5.41, 5.74) is 2.55. The molecule has 2 atom stereocenters. The highest BCUT2D eigenvalue weighted by molar-refractivity contribution is 7.15. The Morgan fingerprint density at radius 2 is 1.97 bits per heavy atom. The molecular formula is C25H23N3O3S. The molecule has 2 unspecified atom stereocenters. The van der Waals surface area contributed by atoms with Crippen molar-refractivity contribution in [1.29, 1.82) is 0 Å². The summed E-state index contributed by atoms with van der Waals surface area (Å²) in [6.07, 6.45) is 0.838. The van der Waals surface area contributed by atoms with E-state index in [2.05, 4.69) is 15.5 Å². The molecule has 162 valence electrons. The third-order valence-electron chi connectivity index (χ3n) is 5.55. The number of ether oxygens (including phenoxy) is 1. The van der Waals surface area contributed by atoms with Gasteiger partial charge in [0.05, 0.1) is 22.7 Å². The quantitative estimate of drug-likeness (QED) is 0.382. The number of hydrogen-bond acceptors (Lipinski definition) is 6. The van der Waals surface area contributed by atoms with Crippen LogP contribution in [0.3, 0.4) is 0 Å². The number of anilines is 1. The topological polar surface area (TPSA) is 77.2 Å². The highest BCUT2D eigenvalue weighted by Crippen LogP contribution is 2.48. The summed E-state index contributed by atoms with van der Waals surface area (Å²) >= 11 is 1.62. The Balaban J connectivity index is 1.30. The average Bonchev–Trinajstić information content (AvgIpc) is 3.24. The SMILES string of the molecule is CCOc1ccc(C2CC2C(=O)Nc2ccccc2-c2nc(-c3ccc(C)s3)no2)cc1. The molecule has 0 saturated heterocycles. The minimum atomic E-state index is -0.0478. The van der Waals surface area contributed by atoms with Crippen LogP contribution in [0, 0.1) is 12.8 Å². The van der Waals surface area contributed by atoms with E-state index in [4.69, 9.17) is 9.26 Å².